The molecule has 0 bridgehead atoms. The molecular formula is C6H14N2O2S. The third-order valence-electron chi connectivity index (χ3n) is 1.77. The van der Waals surface area contributed by atoms with Gasteiger partial charge in [0.1, 0.15) is 0 Å². The van der Waals surface area contributed by atoms with Gasteiger partial charge in [0.2, 0.25) is 10.0 Å². The van der Waals surface area contributed by atoms with Crippen molar-refractivity contribution in [3.05, 3.63) is 0 Å². The molecule has 0 spiro atoms. The van der Waals surface area contributed by atoms with Crippen LogP contribution < -0.4 is 10.5 Å². The van der Waals surface area contributed by atoms with Gasteiger partial charge in [0, 0.05) is 12.6 Å². The summed E-state index contributed by atoms with van der Waals surface area (Å²) < 4.78 is 25.0. The SMILES string of the molecule is CC(CN)S(=O)(=O)NC1CC1. The van der Waals surface area contributed by atoms with Gasteiger partial charge in [-0.25, -0.2) is 13.1 Å². The quantitative estimate of drug-likeness (QED) is 0.604. The van der Waals surface area contributed by atoms with Crippen LogP contribution in [0.15, 0.2) is 0 Å². The summed E-state index contributed by atoms with van der Waals surface area (Å²) in [4.78, 5) is 0. The van der Waals surface area contributed by atoms with Gasteiger partial charge in [-0.2, -0.15) is 0 Å². The predicted molar refractivity (Wildman–Crippen MR) is 43.6 cm³/mol. The molecule has 0 aromatic rings. The largest absolute Gasteiger partial charge is 0.329 e. The Morgan fingerprint density at radius 1 is 1.64 bits per heavy atom. The van der Waals surface area contributed by atoms with Crippen molar-refractivity contribution in [2.45, 2.75) is 31.1 Å². The Bertz CT molecular complexity index is 221. The minimum atomic E-state index is -3.12. The van der Waals surface area contributed by atoms with Crippen molar-refractivity contribution in [1.82, 2.24) is 4.72 Å². The van der Waals surface area contributed by atoms with Crippen molar-refractivity contribution in [1.29, 1.82) is 0 Å². The van der Waals surface area contributed by atoms with E-state index in [1.165, 1.54) is 0 Å². The van der Waals surface area contributed by atoms with Crippen molar-refractivity contribution in [2.24, 2.45) is 5.73 Å². The van der Waals surface area contributed by atoms with E-state index in [2.05, 4.69) is 4.72 Å². The highest BCUT2D eigenvalue weighted by molar-refractivity contribution is 7.90. The van der Waals surface area contributed by atoms with Crippen molar-refractivity contribution in [3.8, 4) is 0 Å². The number of hydrogen-bond donors (Lipinski definition) is 2. The molecule has 3 N–H and O–H groups in total. The van der Waals surface area contributed by atoms with Crippen molar-refractivity contribution >= 4 is 10.0 Å². The minimum absolute atomic E-state index is 0.183. The van der Waals surface area contributed by atoms with Gasteiger partial charge in [-0.1, -0.05) is 0 Å². The van der Waals surface area contributed by atoms with E-state index in [4.69, 9.17) is 5.73 Å². The average molecular weight is 178 g/mol. The van der Waals surface area contributed by atoms with Crippen molar-refractivity contribution < 1.29 is 8.42 Å². The zero-order valence-corrected chi connectivity index (χ0v) is 7.39. The molecule has 1 atom stereocenters. The Hall–Kier alpha value is -0.130. The monoisotopic (exact) mass is 178 g/mol. The maximum atomic E-state index is 11.2. The van der Waals surface area contributed by atoms with Crippen molar-refractivity contribution in [3.63, 3.8) is 0 Å². The van der Waals surface area contributed by atoms with E-state index in [0.717, 1.165) is 12.8 Å². The first-order valence-corrected chi connectivity index (χ1v) is 5.32. The van der Waals surface area contributed by atoms with Gasteiger partial charge < -0.3 is 5.73 Å². The van der Waals surface area contributed by atoms with Crippen LogP contribution in [-0.2, 0) is 10.0 Å². The van der Waals surface area contributed by atoms with Gasteiger partial charge in [0.25, 0.3) is 0 Å². The number of rotatable bonds is 4. The topological polar surface area (TPSA) is 72.2 Å². The van der Waals surface area contributed by atoms with E-state index in [9.17, 15) is 8.42 Å². The van der Waals surface area contributed by atoms with Gasteiger partial charge in [-0.3, -0.25) is 0 Å². The number of nitrogens with one attached hydrogen (secondary N) is 1. The lowest BCUT2D eigenvalue weighted by Gasteiger charge is -2.10. The Balaban J connectivity index is 2.50. The lowest BCUT2D eigenvalue weighted by atomic mass is 10.5. The van der Waals surface area contributed by atoms with Gasteiger partial charge in [0.05, 0.1) is 5.25 Å². The van der Waals surface area contributed by atoms with Crippen LogP contribution in [0.4, 0.5) is 0 Å². The first kappa shape index (κ1) is 8.96. The second-order valence-corrected chi connectivity index (χ2v) is 5.11. The van der Waals surface area contributed by atoms with Gasteiger partial charge >= 0.3 is 0 Å². The Kier molecular flexibility index (Phi) is 2.51. The van der Waals surface area contributed by atoms with E-state index in [-0.39, 0.29) is 12.6 Å². The average Bonchev–Trinajstić information content (AvgIpc) is 2.69. The van der Waals surface area contributed by atoms with E-state index in [1.807, 2.05) is 0 Å². The molecule has 1 fully saturated rings. The zero-order chi connectivity index (χ0) is 8.48. The highest BCUT2D eigenvalue weighted by atomic mass is 32.2. The van der Waals surface area contributed by atoms with Crippen LogP contribution >= 0.6 is 0 Å². The van der Waals surface area contributed by atoms with E-state index in [0.29, 0.717) is 0 Å². The summed E-state index contributed by atoms with van der Waals surface area (Å²) in [7, 11) is -3.12. The summed E-state index contributed by atoms with van der Waals surface area (Å²) in [6.07, 6.45) is 1.94. The predicted octanol–water partition coefficient (Wildman–Crippen LogP) is -0.585. The molecule has 0 radical (unpaired) electrons. The highest BCUT2D eigenvalue weighted by Crippen LogP contribution is 2.20. The maximum Gasteiger partial charge on any atom is 0.215 e. The molecule has 5 heteroatoms. The molecule has 0 heterocycles. The summed E-state index contributed by atoms with van der Waals surface area (Å²) in [5.41, 5.74) is 5.24. The minimum Gasteiger partial charge on any atom is -0.329 e. The van der Waals surface area contributed by atoms with E-state index in [1.54, 1.807) is 6.92 Å². The van der Waals surface area contributed by atoms with E-state index < -0.39 is 15.3 Å². The van der Waals surface area contributed by atoms with Crippen LogP contribution in [0.2, 0.25) is 0 Å². The molecule has 0 amide bonds. The third kappa shape index (κ3) is 2.43. The third-order valence-corrected chi connectivity index (χ3v) is 3.68. The molecule has 1 aliphatic carbocycles. The molecule has 1 aliphatic rings. The summed E-state index contributed by atoms with van der Waals surface area (Å²) in [5.74, 6) is 0. The van der Waals surface area contributed by atoms with Crippen LogP contribution in [-0.4, -0.2) is 26.3 Å². The highest BCUT2D eigenvalue weighted by Gasteiger charge is 2.29. The van der Waals surface area contributed by atoms with Crippen LogP contribution in [0.5, 0.6) is 0 Å². The Morgan fingerprint density at radius 3 is 2.55 bits per heavy atom. The van der Waals surface area contributed by atoms with Crippen LogP contribution in [0, 0.1) is 0 Å². The molecule has 0 aromatic carbocycles. The lowest BCUT2D eigenvalue weighted by molar-refractivity contribution is 0.568. The molecule has 0 saturated heterocycles. The first-order valence-electron chi connectivity index (χ1n) is 3.77. The van der Waals surface area contributed by atoms with Crippen LogP contribution in [0.25, 0.3) is 0 Å². The fraction of sp³-hybridized carbons (Fsp3) is 1.00. The molecule has 1 saturated carbocycles. The van der Waals surface area contributed by atoms with Crippen LogP contribution in [0.3, 0.4) is 0 Å². The molecule has 4 nitrogen and oxygen atoms in total. The Morgan fingerprint density at radius 2 is 2.18 bits per heavy atom. The fourth-order valence-electron chi connectivity index (χ4n) is 0.676. The maximum absolute atomic E-state index is 11.2. The van der Waals surface area contributed by atoms with Crippen LogP contribution in [0.1, 0.15) is 19.8 Å². The zero-order valence-electron chi connectivity index (χ0n) is 6.58. The second-order valence-electron chi connectivity index (χ2n) is 2.98. The first-order chi connectivity index (χ1) is 5.06. The standard InChI is InChI=1S/C6H14N2O2S/c1-5(4-7)11(9,10)8-6-2-3-6/h5-6,8H,2-4,7H2,1H3. The number of hydrogen-bond acceptors (Lipinski definition) is 3. The Labute approximate surface area is 67.2 Å². The van der Waals surface area contributed by atoms with E-state index >= 15 is 0 Å². The second kappa shape index (κ2) is 3.08. The molecule has 1 unspecified atom stereocenters. The van der Waals surface area contributed by atoms with Gasteiger partial charge in [-0.05, 0) is 19.8 Å². The number of nitrogens with two attached hydrogens (primary N) is 1. The summed E-state index contributed by atoms with van der Waals surface area (Å²) in [5, 5.41) is -0.469. The molecule has 11 heavy (non-hydrogen) atoms. The lowest BCUT2D eigenvalue weighted by Crippen LogP contribution is -2.38. The molecule has 0 aromatic heterocycles. The molecule has 0 aliphatic heterocycles. The van der Waals surface area contributed by atoms with Crippen molar-refractivity contribution in [2.75, 3.05) is 6.54 Å². The summed E-state index contributed by atoms with van der Waals surface area (Å²) in [6, 6.07) is 0.189. The summed E-state index contributed by atoms with van der Waals surface area (Å²) in [6.45, 7) is 1.80. The fourth-order valence-corrected chi connectivity index (χ4v) is 1.86. The van der Waals surface area contributed by atoms with Gasteiger partial charge in [-0.15, -0.1) is 0 Å². The summed E-state index contributed by atoms with van der Waals surface area (Å²) >= 11 is 0. The molecule has 1 rings (SSSR count). The normalized spacial score (nSPS) is 21.6. The molecular weight excluding hydrogens is 164 g/mol. The number of sulfonamides is 1. The van der Waals surface area contributed by atoms with Gasteiger partial charge in [0.15, 0.2) is 0 Å². The molecule has 66 valence electrons. The smallest absolute Gasteiger partial charge is 0.215 e.